The summed E-state index contributed by atoms with van der Waals surface area (Å²) in [6, 6.07) is 8.02. The van der Waals surface area contributed by atoms with Crippen LogP contribution in [-0.2, 0) is 4.74 Å². The third-order valence-electron chi connectivity index (χ3n) is 2.30. The zero-order valence-corrected chi connectivity index (χ0v) is 9.03. The average Bonchev–Trinajstić information content (AvgIpc) is 2.84. The first-order valence-electron chi connectivity index (χ1n) is 4.38. The lowest BCUT2D eigenvalue weighted by Crippen LogP contribution is -2.14. The largest absolute Gasteiger partial charge is 0.446 e. The third kappa shape index (κ3) is 2.07. The lowest BCUT2D eigenvalue weighted by molar-refractivity contribution is 0.147. The van der Waals surface area contributed by atoms with E-state index in [1.54, 1.807) is 0 Å². The summed E-state index contributed by atoms with van der Waals surface area (Å²) >= 11 is 3.37. The number of carbonyl (C=O) groups excluding carboxylic acids is 1. The van der Waals surface area contributed by atoms with Crippen LogP contribution in [0.1, 0.15) is 17.9 Å². The molecule has 2 N–H and O–H groups in total. The molecule has 1 fully saturated rings. The van der Waals surface area contributed by atoms with Crippen LogP contribution in [0.25, 0.3) is 0 Å². The van der Waals surface area contributed by atoms with Crippen LogP contribution in [0.4, 0.5) is 4.79 Å². The second-order valence-corrected chi connectivity index (χ2v) is 4.28. The zero-order valence-electron chi connectivity index (χ0n) is 7.44. The van der Waals surface area contributed by atoms with Gasteiger partial charge in [-0.2, -0.15) is 0 Å². The number of primary amides is 1. The van der Waals surface area contributed by atoms with E-state index in [2.05, 4.69) is 15.9 Å². The Morgan fingerprint density at radius 3 is 2.64 bits per heavy atom. The molecule has 0 aliphatic heterocycles. The molecule has 4 heteroatoms. The van der Waals surface area contributed by atoms with Crippen LogP contribution >= 0.6 is 15.9 Å². The van der Waals surface area contributed by atoms with Gasteiger partial charge in [0.2, 0.25) is 0 Å². The summed E-state index contributed by atoms with van der Waals surface area (Å²) in [6.45, 7) is 0. The molecule has 1 aromatic carbocycles. The third-order valence-corrected chi connectivity index (χ3v) is 2.83. The molecule has 0 radical (unpaired) electrons. The first kappa shape index (κ1) is 9.52. The molecule has 0 saturated heterocycles. The van der Waals surface area contributed by atoms with Crippen LogP contribution in [0.2, 0.25) is 0 Å². The van der Waals surface area contributed by atoms with Crippen molar-refractivity contribution < 1.29 is 9.53 Å². The van der Waals surface area contributed by atoms with Crippen molar-refractivity contribution in [2.45, 2.75) is 18.4 Å². The van der Waals surface area contributed by atoms with Gasteiger partial charge in [-0.3, -0.25) is 0 Å². The number of amides is 1. The summed E-state index contributed by atoms with van der Waals surface area (Å²) in [5.74, 6) is 0.329. The SMILES string of the molecule is NC(=O)O[C@@H]1C[C@H]1c1ccc(Br)cc1. The highest BCUT2D eigenvalue weighted by atomic mass is 79.9. The Morgan fingerprint density at radius 2 is 2.07 bits per heavy atom. The van der Waals surface area contributed by atoms with Crippen LogP contribution in [0.15, 0.2) is 28.7 Å². The molecule has 3 nitrogen and oxygen atoms in total. The lowest BCUT2D eigenvalue weighted by atomic mass is 10.1. The number of carbonyl (C=O) groups is 1. The minimum Gasteiger partial charge on any atom is -0.446 e. The first-order valence-corrected chi connectivity index (χ1v) is 5.17. The van der Waals surface area contributed by atoms with Crippen LogP contribution in [0.3, 0.4) is 0 Å². The molecule has 0 bridgehead atoms. The van der Waals surface area contributed by atoms with E-state index in [-0.39, 0.29) is 6.10 Å². The maximum absolute atomic E-state index is 10.5. The van der Waals surface area contributed by atoms with Crippen LogP contribution < -0.4 is 5.73 Å². The number of hydrogen-bond acceptors (Lipinski definition) is 2. The van der Waals surface area contributed by atoms with Gasteiger partial charge in [-0.1, -0.05) is 28.1 Å². The van der Waals surface area contributed by atoms with E-state index in [0.29, 0.717) is 5.92 Å². The van der Waals surface area contributed by atoms with Crippen molar-refractivity contribution in [1.29, 1.82) is 0 Å². The Morgan fingerprint density at radius 1 is 1.43 bits per heavy atom. The smallest absolute Gasteiger partial charge is 0.404 e. The molecule has 0 aromatic heterocycles. The number of halogens is 1. The quantitative estimate of drug-likeness (QED) is 0.883. The molecule has 1 amide bonds. The Hall–Kier alpha value is -1.03. The number of ether oxygens (including phenoxy) is 1. The van der Waals surface area contributed by atoms with Crippen molar-refractivity contribution in [1.82, 2.24) is 0 Å². The van der Waals surface area contributed by atoms with Gasteiger partial charge in [-0.15, -0.1) is 0 Å². The normalized spacial score (nSPS) is 24.4. The molecule has 0 unspecified atom stereocenters. The predicted octanol–water partition coefficient (Wildman–Crippen LogP) is 2.40. The lowest BCUT2D eigenvalue weighted by Gasteiger charge is -2.00. The summed E-state index contributed by atoms with van der Waals surface area (Å²) in [6.07, 6.45) is 0.174. The molecule has 1 saturated carbocycles. The van der Waals surface area contributed by atoms with E-state index < -0.39 is 6.09 Å². The summed E-state index contributed by atoms with van der Waals surface area (Å²) in [5, 5.41) is 0. The second-order valence-electron chi connectivity index (χ2n) is 3.37. The van der Waals surface area contributed by atoms with Crippen molar-refractivity contribution in [3.05, 3.63) is 34.3 Å². The Labute approximate surface area is 90.4 Å². The highest BCUT2D eigenvalue weighted by Crippen LogP contribution is 2.43. The number of hydrogen-bond donors (Lipinski definition) is 1. The van der Waals surface area contributed by atoms with Gasteiger partial charge in [0, 0.05) is 10.4 Å². The summed E-state index contributed by atoms with van der Waals surface area (Å²) in [4.78, 5) is 10.5. The highest BCUT2D eigenvalue weighted by Gasteiger charge is 2.41. The van der Waals surface area contributed by atoms with Crippen molar-refractivity contribution in [3.63, 3.8) is 0 Å². The van der Waals surface area contributed by atoms with Gasteiger partial charge in [-0.05, 0) is 24.1 Å². The molecule has 1 aliphatic carbocycles. The molecule has 2 rings (SSSR count). The van der Waals surface area contributed by atoms with Crippen LogP contribution in [0.5, 0.6) is 0 Å². The summed E-state index contributed by atoms with van der Waals surface area (Å²) in [7, 11) is 0. The van der Waals surface area contributed by atoms with E-state index in [1.165, 1.54) is 5.56 Å². The Bertz CT molecular complexity index is 350. The second kappa shape index (κ2) is 3.61. The summed E-state index contributed by atoms with van der Waals surface area (Å²) in [5.41, 5.74) is 6.12. The van der Waals surface area contributed by atoms with Gasteiger partial charge in [0.05, 0.1) is 0 Å². The van der Waals surface area contributed by atoms with Gasteiger partial charge in [-0.25, -0.2) is 4.79 Å². The van der Waals surface area contributed by atoms with E-state index in [9.17, 15) is 4.79 Å². The number of nitrogens with two attached hydrogens (primary N) is 1. The molecule has 1 aliphatic rings. The Kier molecular flexibility index (Phi) is 2.46. The van der Waals surface area contributed by atoms with E-state index in [1.807, 2.05) is 24.3 Å². The fourth-order valence-corrected chi connectivity index (χ4v) is 1.78. The topological polar surface area (TPSA) is 52.3 Å². The molecule has 14 heavy (non-hydrogen) atoms. The van der Waals surface area contributed by atoms with Gasteiger partial charge in [0.1, 0.15) is 6.10 Å². The fraction of sp³-hybridized carbons (Fsp3) is 0.300. The van der Waals surface area contributed by atoms with Gasteiger partial charge >= 0.3 is 6.09 Å². The van der Waals surface area contributed by atoms with Crippen molar-refractivity contribution in [2.75, 3.05) is 0 Å². The van der Waals surface area contributed by atoms with Gasteiger partial charge < -0.3 is 10.5 Å². The van der Waals surface area contributed by atoms with E-state index >= 15 is 0 Å². The number of rotatable bonds is 2. The standard InChI is InChI=1S/C10H10BrNO2/c11-7-3-1-6(2-4-7)8-5-9(8)14-10(12)13/h1-4,8-9H,5H2,(H2,12,13)/t8-,9+/m0/s1. The molecule has 0 heterocycles. The predicted molar refractivity (Wildman–Crippen MR) is 56.0 cm³/mol. The molecule has 2 atom stereocenters. The van der Waals surface area contributed by atoms with E-state index in [0.717, 1.165) is 10.9 Å². The van der Waals surface area contributed by atoms with Crippen molar-refractivity contribution in [3.8, 4) is 0 Å². The van der Waals surface area contributed by atoms with Gasteiger partial charge in [0.15, 0.2) is 0 Å². The average molecular weight is 256 g/mol. The fourth-order valence-electron chi connectivity index (χ4n) is 1.51. The maximum Gasteiger partial charge on any atom is 0.404 e. The summed E-state index contributed by atoms with van der Waals surface area (Å²) < 4.78 is 5.94. The Balaban J connectivity index is 1.99. The molecule has 0 spiro atoms. The van der Waals surface area contributed by atoms with Crippen LogP contribution in [-0.4, -0.2) is 12.2 Å². The maximum atomic E-state index is 10.5. The zero-order chi connectivity index (χ0) is 10.1. The molecular formula is C10H10BrNO2. The van der Waals surface area contributed by atoms with E-state index in [4.69, 9.17) is 10.5 Å². The monoisotopic (exact) mass is 255 g/mol. The van der Waals surface area contributed by atoms with Crippen LogP contribution in [0, 0.1) is 0 Å². The first-order chi connectivity index (χ1) is 6.66. The minimum absolute atomic E-state index is 0.0197. The van der Waals surface area contributed by atoms with Gasteiger partial charge in [0.25, 0.3) is 0 Å². The van der Waals surface area contributed by atoms with Crippen molar-refractivity contribution >= 4 is 22.0 Å². The van der Waals surface area contributed by atoms with Crippen molar-refractivity contribution in [2.24, 2.45) is 5.73 Å². The highest BCUT2D eigenvalue weighted by molar-refractivity contribution is 9.10. The number of benzene rings is 1. The molecule has 74 valence electrons. The molecule has 1 aromatic rings. The molecular weight excluding hydrogens is 246 g/mol. The minimum atomic E-state index is -0.686.